The smallest absolute Gasteiger partial charge is 0.175 e. The summed E-state index contributed by atoms with van der Waals surface area (Å²) in [4.78, 5) is 8.65. The van der Waals surface area contributed by atoms with Crippen LogP contribution in [-0.4, -0.2) is 19.6 Å². The number of rotatable bonds is 0. The highest BCUT2D eigenvalue weighted by Gasteiger charge is 2.08. The number of aromatic nitrogens is 4. The number of hydrogen-bond donors (Lipinski definition) is 0. The van der Waals surface area contributed by atoms with Gasteiger partial charge in [-0.3, -0.25) is 0 Å². The van der Waals surface area contributed by atoms with E-state index >= 15 is 0 Å². The monoisotopic (exact) mass is 176 g/mol. The molecule has 0 saturated carbocycles. The van der Waals surface area contributed by atoms with Gasteiger partial charge in [0.25, 0.3) is 0 Å². The van der Waals surface area contributed by atoms with Crippen LogP contribution in [0.4, 0.5) is 0 Å². The van der Waals surface area contributed by atoms with Crippen molar-refractivity contribution in [1.82, 2.24) is 19.6 Å². The van der Waals surface area contributed by atoms with Crippen LogP contribution >= 0.6 is 0 Å². The predicted molar refractivity (Wildman–Crippen MR) is 49.7 cm³/mol. The molecule has 2 aromatic heterocycles. The Bertz CT molecular complexity index is 470. The first-order valence-electron chi connectivity index (χ1n) is 4.27. The van der Waals surface area contributed by atoms with E-state index in [0.29, 0.717) is 0 Å². The van der Waals surface area contributed by atoms with E-state index in [0.717, 1.165) is 28.6 Å². The van der Waals surface area contributed by atoms with Crippen molar-refractivity contribution in [3.05, 3.63) is 22.9 Å². The average Bonchev–Trinajstić information content (AvgIpc) is 2.32. The Morgan fingerprint density at radius 1 is 0.923 bits per heavy atom. The molecule has 0 radical (unpaired) electrons. The van der Waals surface area contributed by atoms with Crippen molar-refractivity contribution in [1.29, 1.82) is 0 Å². The van der Waals surface area contributed by atoms with Crippen molar-refractivity contribution < 1.29 is 0 Å². The molecule has 0 N–H and O–H groups in total. The lowest BCUT2D eigenvalue weighted by Crippen LogP contribution is -2.01. The van der Waals surface area contributed by atoms with Gasteiger partial charge >= 0.3 is 0 Å². The van der Waals surface area contributed by atoms with E-state index in [-0.39, 0.29) is 0 Å². The SMILES string of the molecule is Cc1nc(C)c2nc(C)c(C)n2n1. The first-order chi connectivity index (χ1) is 6.09. The van der Waals surface area contributed by atoms with Gasteiger partial charge in [0.1, 0.15) is 5.82 Å². The molecule has 0 unspecified atom stereocenters. The summed E-state index contributed by atoms with van der Waals surface area (Å²) < 4.78 is 1.85. The Labute approximate surface area is 76.6 Å². The zero-order valence-electron chi connectivity index (χ0n) is 8.29. The molecule has 0 aliphatic rings. The summed E-state index contributed by atoms with van der Waals surface area (Å²) in [6.45, 7) is 7.84. The van der Waals surface area contributed by atoms with Gasteiger partial charge in [-0.2, -0.15) is 5.10 Å². The minimum absolute atomic E-state index is 0.783. The van der Waals surface area contributed by atoms with Gasteiger partial charge < -0.3 is 0 Å². The summed E-state index contributed by atoms with van der Waals surface area (Å²) in [5.41, 5.74) is 3.90. The molecule has 0 aliphatic carbocycles. The van der Waals surface area contributed by atoms with E-state index in [1.165, 1.54) is 0 Å². The molecule has 2 aromatic rings. The fourth-order valence-electron chi connectivity index (χ4n) is 1.42. The highest BCUT2D eigenvalue weighted by molar-refractivity contribution is 5.45. The highest BCUT2D eigenvalue weighted by atomic mass is 15.3. The molecule has 0 aliphatic heterocycles. The van der Waals surface area contributed by atoms with Gasteiger partial charge in [0.05, 0.1) is 17.1 Å². The third-order valence-electron chi connectivity index (χ3n) is 2.21. The molecule has 2 heterocycles. The minimum Gasteiger partial charge on any atom is -0.233 e. The van der Waals surface area contributed by atoms with Crippen LogP contribution in [-0.2, 0) is 0 Å². The van der Waals surface area contributed by atoms with Crippen molar-refractivity contribution >= 4 is 5.65 Å². The van der Waals surface area contributed by atoms with Crippen LogP contribution in [0.3, 0.4) is 0 Å². The van der Waals surface area contributed by atoms with Crippen molar-refractivity contribution in [2.75, 3.05) is 0 Å². The Hall–Kier alpha value is -1.45. The standard InChI is InChI=1S/C9H12N4/c1-5-7(3)13-9(11-5)6(2)10-8(4)12-13/h1-4H3. The lowest BCUT2D eigenvalue weighted by molar-refractivity contribution is 0.814. The summed E-state index contributed by atoms with van der Waals surface area (Å²) >= 11 is 0. The van der Waals surface area contributed by atoms with Gasteiger partial charge in [0, 0.05) is 0 Å². The van der Waals surface area contributed by atoms with Crippen LogP contribution in [0.5, 0.6) is 0 Å². The first-order valence-corrected chi connectivity index (χ1v) is 4.27. The number of imidazole rings is 1. The average molecular weight is 176 g/mol. The van der Waals surface area contributed by atoms with Crippen LogP contribution < -0.4 is 0 Å². The molecule has 13 heavy (non-hydrogen) atoms. The lowest BCUT2D eigenvalue weighted by Gasteiger charge is -1.99. The minimum atomic E-state index is 0.783. The normalized spacial score (nSPS) is 11.1. The van der Waals surface area contributed by atoms with Gasteiger partial charge in [0.2, 0.25) is 0 Å². The third kappa shape index (κ3) is 1.09. The molecular weight excluding hydrogens is 164 g/mol. The van der Waals surface area contributed by atoms with Crippen LogP contribution in [0.2, 0.25) is 0 Å². The van der Waals surface area contributed by atoms with E-state index in [9.17, 15) is 0 Å². The summed E-state index contributed by atoms with van der Waals surface area (Å²) in [5, 5.41) is 4.30. The highest BCUT2D eigenvalue weighted by Crippen LogP contribution is 2.11. The van der Waals surface area contributed by atoms with E-state index in [2.05, 4.69) is 15.1 Å². The molecule has 0 fully saturated rings. The second-order valence-corrected chi connectivity index (χ2v) is 3.26. The molecule has 2 rings (SSSR count). The zero-order chi connectivity index (χ0) is 9.59. The summed E-state index contributed by atoms with van der Waals surface area (Å²) in [5.74, 6) is 0.783. The van der Waals surface area contributed by atoms with Crippen LogP contribution in [0, 0.1) is 27.7 Å². The van der Waals surface area contributed by atoms with Gasteiger partial charge in [-0.15, -0.1) is 0 Å². The van der Waals surface area contributed by atoms with Gasteiger partial charge in [-0.05, 0) is 27.7 Å². The van der Waals surface area contributed by atoms with Crippen LogP contribution in [0.1, 0.15) is 22.9 Å². The van der Waals surface area contributed by atoms with E-state index in [1.54, 1.807) is 0 Å². The summed E-state index contributed by atoms with van der Waals surface area (Å²) in [6, 6.07) is 0. The van der Waals surface area contributed by atoms with E-state index < -0.39 is 0 Å². The fourth-order valence-corrected chi connectivity index (χ4v) is 1.42. The molecule has 0 amide bonds. The largest absolute Gasteiger partial charge is 0.233 e. The fraction of sp³-hybridized carbons (Fsp3) is 0.444. The number of aryl methyl sites for hydroxylation is 4. The second-order valence-electron chi connectivity index (χ2n) is 3.26. The lowest BCUT2D eigenvalue weighted by atomic mass is 10.4. The Balaban J connectivity index is 2.94. The molecule has 4 heteroatoms. The van der Waals surface area contributed by atoms with Crippen molar-refractivity contribution in [3.8, 4) is 0 Å². The molecule has 0 bridgehead atoms. The topological polar surface area (TPSA) is 43.1 Å². The first kappa shape index (κ1) is 8.16. The maximum Gasteiger partial charge on any atom is 0.175 e. The number of fused-ring (bicyclic) bond motifs is 1. The summed E-state index contributed by atoms with van der Waals surface area (Å²) in [6.07, 6.45) is 0. The van der Waals surface area contributed by atoms with E-state index in [1.807, 2.05) is 32.2 Å². The van der Waals surface area contributed by atoms with Gasteiger partial charge in [-0.1, -0.05) is 0 Å². The quantitative estimate of drug-likeness (QED) is 0.608. The van der Waals surface area contributed by atoms with Gasteiger partial charge in [-0.25, -0.2) is 14.5 Å². The molecule has 0 spiro atoms. The molecule has 68 valence electrons. The van der Waals surface area contributed by atoms with Crippen LogP contribution in [0.15, 0.2) is 0 Å². The molecule has 0 aromatic carbocycles. The van der Waals surface area contributed by atoms with E-state index in [4.69, 9.17) is 0 Å². The Morgan fingerprint density at radius 2 is 1.62 bits per heavy atom. The third-order valence-corrected chi connectivity index (χ3v) is 2.21. The molecular formula is C9H12N4. The molecule has 0 atom stereocenters. The van der Waals surface area contributed by atoms with Crippen molar-refractivity contribution in [3.63, 3.8) is 0 Å². The second kappa shape index (κ2) is 2.52. The zero-order valence-corrected chi connectivity index (χ0v) is 8.29. The molecule has 0 saturated heterocycles. The number of hydrogen-bond acceptors (Lipinski definition) is 3. The van der Waals surface area contributed by atoms with Crippen molar-refractivity contribution in [2.45, 2.75) is 27.7 Å². The van der Waals surface area contributed by atoms with Crippen molar-refractivity contribution in [2.24, 2.45) is 0 Å². The summed E-state index contributed by atoms with van der Waals surface area (Å²) in [7, 11) is 0. The maximum atomic E-state index is 4.39. The Morgan fingerprint density at radius 3 is 2.31 bits per heavy atom. The predicted octanol–water partition coefficient (Wildman–Crippen LogP) is 1.36. The maximum absolute atomic E-state index is 4.39. The number of nitrogens with zero attached hydrogens (tertiary/aromatic N) is 4. The molecule has 4 nitrogen and oxygen atoms in total. The van der Waals surface area contributed by atoms with Crippen LogP contribution in [0.25, 0.3) is 5.65 Å². The van der Waals surface area contributed by atoms with Gasteiger partial charge in [0.15, 0.2) is 5.65 Å². The Kier molecular flexibility index (Phi) is 1.58.